The van der Waals surface area contributed by atoms with Crippen molar-refractivity contribution in [2.75, 3.05) is 31.6 Å². The number of amides is 1. The molecule has 2 aliphatic heterocycles. The summed E-state index contributed by atoms with van der Waals surface area (Å²) >= 11 is 5.82. The molecule has 8 rings (SSSR count). The normalized spacial score (nSPS) is 14.1. The number of hydrogen-bond acceptors (Lipinski definition) is 7. The van der Waals surface area contributed by atoms with Crippen LogP contribution in [0.1, 0.15) is 41.2 Å². The van der Waals surface area contributed by atoms with Crippen LogP contribution in [0.3, 0.4) is 0 Å². The van der Waals surface area contributed by atoms with Crippen LogP contribution >= 0.6 is 11.6 Å². The molecule has 2 N–H and O–H groups in total. The Labute approximate surface area is 305 Å². The van der Waals surface area contributed by atoms with Gasteiger partial charge in [-0.15, -0.1) is 0 Å². The molecule has 270 valence electrons. The lowest BCUT2D eigenvalue weighted by atomic mass is 10.0. The number of pyridine rings is 1. The topological polar surface area (TPSA) is 110 Å². The molecule has 0 bridgehead atoms. The van der Waals surface area contributed by atoms with Gasteiger partial charge in [0.25, 0.3) is 0 Å². The smallest absolute Gasteiger partial charge is 0.214 e. The number of carbonyl (C=O) groups is 1. The average Bonchev–Trinajstić information content (AvgIpc) is 3.64. The van der Waals surface area contributed by atoms with Gasteiger partial charge in [-0.1, -0.05) is 35.9 Å². The molecule has 0 aliphatic carbocycles. The van der Waals surface area contributed by atoms with Crippen LogP contribution in [0.5, 0.6) is 5.88 Å². The van der Waals surface area contributed by atoms with Gasteiger partial charge < -0.3 is 19.4 Å². The van der Waals surface area contributed by atoms with Crippen molar-refractivity contribution in [3.63, 3.8) is 0 Å². The number of fused-ring (bicyclic) bond motifs is 2. The van der Waals surface area contributed by atoms with E-state index in [-0.39, 0.29) is 12.4 Å². The van der Waals surface area contributed by atoms with Crippen molar-refractivity contribution in [1.29, 1.82) is 0 Å². The number of benzene rings is 3. The number of nitrogens with zero attached hydrogens (tertiary/aromatic N) is 5. The number of ether oxygens (including phenoxy) is 2. The van der Waals surface area contributed by atoms with Gasteiger partial charge in [-0.25, -0.2) is 18.7 Å². The first-order chi connectivity index (χ1) is 25.2. The lowest BCUT2D eigenvalue weighted by molar-refractivity contribution is -0.105. The van der Waals surface area contributed by atoms with Crippen LogP contribution in [0.25, 0.3) is 27.5 Å². The molecule has 13 heteroatoms. The maximum Gasteiger partial charge on any atom is 0.214 e. The molecule has 1 amide bonds. The summed E-state index contributed by atoms with van der Waals surface area (Å²) in [7, 11) is 2.01. The standard InChI is InChI=1S/C27H25ClFN5O2.C9H9FN2.C3H6O/c1-33-25-8-7-21(30-17-35)14-24(25)31-26(33)15-34-11-9-18(10-12-34)23-3-2-4-27(32-23)36-16-19-5-6-20(28)13-22(19)29;1-5-3-4-7-8(9(5)10)6(2)11-12-7;1-2-4-3-1/h2-9,13-14,17H,10-12,15-16H2,1H3,(H,30,35);3-4H,1-2H3,(H,11,12);1-3H2. The van der Waals surface area contributed by atoms with Gasteiger partial charge in [0, 0.05) is 61.4 Å². The Kier molecular flexibility index (Phi) is 11.9. The number of aromatic amines is 1. The number of imidazole rings is 1. The minimum absolute atomic E-state index is 0.0804. The van der Waals surface area contributed by atoms with Crippen LogP contribution in [0.4, 0.5) is 14.5 Å². The first kappa shape index (κ1) is 36.6. The van der Waals surface area contributed by atoms with Gasteiger partial charge in [-0.3, -0.25) is 14.8 Å². The molecule has 6 aromatic rings. The van der Waals surface area contributed by atoms with E-state index in [1.165, 1.54) is 12.5 Å². The highest BCUT2D eigenvalue weighted by Crippen LogP contribution is 2.26. The number of nitrogens with one attached hydrogen (secondary N) is 2. The van der Waals surface area contributed by atoms with Gasteiger partial charge in [0.05, 0.1) is 34.2 Å². The van der Waals surface area contributed by atoms with Crippen molar-refractivity contribution in [2.45, 2.75) is 39.8 Å². The first-order valence-corrected chi connectivity index (χ1v) is 17.4. The number of rotatable bonds is 8. The number of anilines is 1. The van der Waals surface area contributed by atoms with Gasteiger partial charge in [0.2, 0.25) is 12.3 Å². The van der Waals surface area contributed by atoms with E-state index in [0.29, 0.717) is 45.9 Å². The fourth-order valence-corrected chi connectivity index (χ4v) is 5.92. The molecule has 3 aromatic heterocycles. The second kappa shape index (κ2) is 16.9. The lowest BCUT2D eigenvalue weighted by Crippen LogP contribution is -2.29. The lowest BCUT2D eigenvalue weighted by Gasteiger charge is -2.25. The molecule has 0 radical (unpaired) electrons. The molecule has 0 spiro atoms. The maximum atomic E-state index is 14.0. The molecule has 0 unspecified atom stereocenters. The fourth-order valence-electron chi connectivity index (χ4n) is 5.77. The predicted octanol–water partition coefficient (Wildman–Crippen LogP) is 7.92. The Bertz CT molecular complexity index is 2210. The summed E-state index contributed by atoms with van der Waals surface area (Å²) in [5.41, 5.74) is 7.18. The molecule has 1 saturated heterocycles. The van der Waals surface area contributed by atoms with E-state index >= 15 is 0 Å². The van der Waals surface area contributed by atoms with E-state index in [0.717, 1.165) is 72.2 Å². The van der Waals surface area contributed by atoms with Crippen LogP contribution in [0.15, 0.2) is 72.8 Å². The predicted molar refractivity (Wildman–Crippen MR) is 199 cm³/mol. The summed E-state index contributed by atoms with van der Waals surface area (Å²) in [6.07, 6.45) is 4.97. The second-order valence-corrected chi connectivity index (χ2v) is 13.0. The zero-order valence-electron chi connectivity index (χ0n) is 29.3. The molecule has 0 saturated carbocycles. The fraction of sp³-hybridized carbons (Fsp3) is 0.282. The third-order valence-electron chi connectivity index (χ3n) is 8.91. The summed E-state index contributed by atoms with van der Waals surface area (Å²) in [4.78, 5) is 22.5. The summed E-state index contributed by atoms with van der Waals surface area (Å²) in [5.74, 6) is 0.854. The molecular formula is C39H40ClF2N7O3. The van der Waals surface area contributed by atoms with Crippen molar-refractivity contribution >= 4 is 51.2 Å². The van der Waals surface area contributed by atoms with Crippen LogP contribution in [-0.2, 0) is 29.7 Å². The van der Waals surface area contributed by atoms with Crippen molar-refractivity contribution in [3.05, 3.63) is 118 Å². The molecule has 0 atom stereocenters. The number of aromatic nitrogens is 5. The molecule has 5 heterocycles. The quantitative estimate of drug-likeness (QED) is 0.153. The minimum atomic E-state index is -0.396. The molecular weight excluding hydrogens is 688 g/mol. The highest BCUT2D eigenvalue weighted by atomic mass is 35.5. The molecule has 10 nitrogen and oxygen atoms in total. The molecule has 3 aromatic carbocycles. The number of hydrogen-bond donors (Lipinski definition) is 2. The van der Waals surface area contributed by atoms with Crippen LogP contribution in [-0.4, -0.2) is 62.3 Å². The van der Waals surface area contributed by atoms with Crippen LogP contribution < -0.4 is 10.1 Å². The zero-order chi connectivity index (χ0) is 36.6. The average molecular weight is 728 g/mol. The van der Waals surface area contributed by atoms with Gasteiger partial charge in [-0.2, -0.15) is 5.10 Å². The van der Waals surface area contributed by atoms with Gasteiger partial charge in [0.1, 0.15) is 24.1 Å². The Morgan fingerprint density at radius 2 is 1.85 bits per heavy atom. The number of carbonyl (C=O) groups excluding carboxylic acids is 1. The minimum Gasteiger partial charge on any atom is -0.473 e. The summed E-state index contributed by atoms with van der Waals surface area (Å²) < 4.78 is 40.0. The Morgan fingerprint density at radius 1 is 1.04 bits per heavy atom. The van der Waals surface area contributed by atoms with E-state index in [4.69, 9.17) is 26.1 Å². The number of aryl methyl sites for hydroxylation is 3. The Balaban J connectivity index is 0.000000237. The van der Waals surface area contributed by atoms with Crippen molar-refractivity contribution in [2.24, 2.45) is 7.05 Å². The van der Waals surface area contributed by atoms with Crippen molar-refractivity contribution in [3.8, 4) is 5.88 Å². The van der Waals surface area contributed by atoms with Crippen molar-refractivity contribution < 1.29 is 23.0 Å². The summed E-state index contributed by atoms with van der Waals surface area (Å²) in [5, 5.41) is 10.3. The maximum absolute atomic E-state index is 14.0. The number of H-pyrrole nitrogens is 1. The monoisotopic (exact) mass is 727 g/mol. The second-order valence-electron chi connectivity index (χ2n) is 12.6. The summed E-state index contributed by atoms with van der Waals surface area (Å²) in [6.45, 7) is 8.01. The van der Waals surface area contributed by atoms with Gasteiger partial charge >= 0.3 is 0 Å². The van der Waals surface area contributed by atoms with Crippen LogP contribution in [0.2, 0.25) is 5.02 Å². The summed E-state index contributed by atoms with van der Waals surface area (Å²) in [6, 6.07) is 19.4. The van der Waals surface area contributed by atoms with E-state index < -0.39 is 5.82 Å². The molecule has 52 heavy (non-hydrogen) atoms. The van der Waals surface area contributed by atoms with Crippen molar-refractivity contribution in [1.82, 2.24) is 29.6 Å². The highest BCUT2D eigenvalue weighted by Gasteiger charge is 2.18. The van der Waals surface area contributed by atoms with E-state index in [1.54, 1.807) is 31.2 Å². The van der Waals surface area contributed by atoms with Gasteiger partial charge in [-0.05, 0) is 80.3 Å². The SMILES string of the molecule is C1COC1.Cc1ccc2n[nH]c(C)c2c1F.Cn1c(CN2CC=C(c3cccc(OCc4ccc(Cl)cc4F)n3)CC2)nc2cc(NC=O)ccc21. The highest BCUT2D eigenvalue weighted by molar-refractivity contribution is 6.30. The van der Waals surface area contributed by atoms with Crippen LogP contribution in [0, 0.1) is 25.5 Å². The number of halogens is 3. The molecule has 1 fully saturated rings. The first-order valence-electron chi connectivity index (χ1n) is 17.0. The Morgan fingerprint density at radius 3 is 2.56 bits per heavy atom. The largest absolute Gasteiger partial charge is 0.473 e. The van der Waals surface area contributed by atoms with E-state index in [9.17, 15) is 13.6 Å². The van der Waals surface area contributed by atoms with Gasteiger partial charge in [0.15, 0.2) is 0 Å². The molecule has 2 aliphatic rings. The third kappa shape index (κ3) is 8.82. The zero-order valence-corrected chi connectivity index (χ0v) is 30.0. The van der Waals surface area contributed by atoms with E-state index in [1.807, 2.05) is 50.4 Å². The van der Waals surface area contributed by atoms with E-state index in [2.05, 4.69) is 36.0 Å². The Hall–Kier alpha value is -5.17. The third-order valence-corrected chi connectivity index (χ3v) is 9.15.